The van der Waals surface area contributed by atoms with Crippen molar-refractivity contribution in [2.75, 3.05) is 25.4 Å². The average molecular weight is 377 g/mol. The van der Waals surface area contributed by atoms with Crippen LogP contribution in [0.5, 0.6) is 11.5 Å². The van der Waals surface area contributed by atoms with Gasteiger partial charge >= 0.3 is 0 Å². The maximum atomic E-state index is 13.0. The number of amides is 1. The van der Waals surface area contributed by atoms with E-state index in [1.165, 1.54) is 0 Å². The second kappa shape index (κ2) is 8.81. The number of halogens is 1. The fourth-order valence-corrected chi connectivity index (χ4v) is 2.98. The minimum Gasteiger partial charge on any atom is -0.486 e. The molecule has 0 saturated carbocycles. The number of fused-ring (bicyclic) bond motifs is 1. The van der Waals surface area contributed by atoms with Crippen molar-refractivity contribution in [1.82, 2.24) is 4.90 Å². The van der Waals surface area contributed by atoms with Crippen molar-refractivity contribution < 1.29 is 14.3 Å². The number of rotatable bonds is 5. The van der Waals surface area contributed by atoms with Gasteiger partial charge in [-0.05, 0) is 43.2 Å². The van der Waals surface area contributed by atoms with Crippen LogP contribution >= 0.6 is 12.4 Å². The minimum atomic E-state index is -0.188. The number of nitrogen functional groups attached to an aromatic ring is 1. The zero-order chi connectivity index (χ0) is 17.8. The van der Waals surface area contributed by atoms with Gasteiger partial charge in [0.15, 0.2) is 17.6 Å². The summed E-state index contributed by atoms with van der Waals surface area (Å²) in [7, 11) is 0. The summed E-state index contributed by atoms with van der Waals surface area (Å²) in [6, 6.07) is 13.0. The summed E-state index contributed by atoms with van der Waals surface area (Å²) in [6.07, 6.45) is 0.684. The first-order valence-corrected chi connectivity index (χ1v) is 8.62. The van der Waals surface area contributed by atoms with Crippen LogP contribution in [0.1, 0.15) is 29.3 Å². The van der Waals surface area contributed by atoms with Crippen LogP contribution < -0.4 is 15.2 Å². The smallest absolute Gasteiger partial charge is 0.254 e. The largest absolute Gasteiger partial charge is 0.486 e. The summed E-state index contributed by atoms with van der Waals surface area (Å²) in [5.74, 6) is 1.45. The monoisotopic (exact) mass is 376 g/mol. The Morgan fingerprint density at radius 1 is 1.23 bits per heavy atom. The normalized spacial score (nSPS) is 15.1. The highest BCUT2D eigenvalue weighted by Gasteiger charge is 2.26. The summed E-state index contributed by atoms with van der Waals surface area (Å²) in [4.78, 5) is 14.8. The van der Waals surface area contributed by atoms with Crippen LogP contribution in [-0.4, -0.2) is 36.6 Å². The van der Waals surface area contributed by atoms with Gasteiger partial charge in [-0.1, -0.05) is 25.1 Å². The van der Waals surface area contributed by atoms with E-state index in [1.807, 2.05) is 48.2 Å². The highest BCUT2D eigenvalue weighted by Crippen LogP contribution is 2.31. The number of hydrogen-bond acceptors (Lipinski definition) is 4. The van der Waals surface area contributed by atoms with Gasteiger partial charge in [0, 0.05) is 17.8 Å². The number of para-hydroxylation sites is 2. The molecule has 1 amide bonds. The van der Waals surface area contributed by atoms with E-state index >= 15 is 0 Å². The Hall–Kier alpha value is -2.40. The lowest BCUT2D eigenvalue weighted by molar-refractivity contribution is 0.0462. The molecule has 0 spiro atoms. The maximum Gasteiger partial charge on any atom is 0.254 e. The third-order valence-electron chi connectivity index (χ3n) is 4.26. The average Bonchev–Trinajstić information content (AvgIpc) is 2.62. The fraction of sp³-hybridized carbons (Fsp3) is 0.350. The van der Waals surface area contributed by atoms with Crippen molar-refractivity contribution in [2.45, 2.75) is 26.4 Å². The topological polar surface area (TPSA) is 64.8 Å². The Balaban J connectivity index is 0.00000243. The molecule has 1 atom stereocenters. The fourth-order valence-electron chi connectivity index (χ4n) is 2.98. The summed E-state index contributed by atoms with van der Waals surface area (Å²) >= 11 is 0. The summed E-state index contributed by atoms with van der Waals surface area (Å²) < 4.78 is 11.8. The van der Waals surface area contributed by atoms with E-state index < -0.39 is 0 Å². The SMILES string of the molecule is CCCN(CC1COc2ccccc2O1)C(=O)c1cc(N)ccc1C.Cl. The number of anilines is 1. The molecule has 1 unspecified atom stereocenters. The second-order valence-electron chi connectivity index (χ2n) is 6.32. The van der Waals surface area contributed by atoms with Crippen LogP contribution in [0.4, 0.5) is 5.69 Å². The molecule has 2 N–H and O–H groups in total. The Kier molecular flexibility index (Phi) is 6.75. The van der Waals surface area contributed by atoms with Gasteiger partial charge in [-0.3, -0.25) is 4.79 Å². The van der Waals surface area contributed by atoms with Gasteiger partial charge in [-0.15, -0.1) is 12.4 Å². The molecule has 3 rings (SSSR count). The molecule has 0 fully saturated rings. The predicted octanol–water partition coefficient (Wildman–Crippen LogP) is 3.69. The quantitative estimate of drug-likeness (QED) is 0.808. The molecule has 0 aromatic heterocycles. The Morgan fingerprint density at radius 2 is 1.96 bits per heavy atom. The maximum absolute atomic E-state index is 13.0. The first kappa shape index (κ1) is 19.9. The number of nitrogens with zero attached hydrogens (tertiary/aromatic N) is 1. The number of carbonyl (C=O) groups is 1. The van der Waals surface area contributed by atoms with Crippen LogP contribution in [-0.2, 0) is 0 Å². The van der Waals surface area contributed by atoms with E-state index in [4.69, 9.17) is 15.2 Å². The van der Waals surface area contributed by atoms with Crippen LogP contribution in [0, 0.1) is 6.92 Å². The van der Waals surface area contributed by atoms with Crippen molar-refractivity contribution in [2.24, 2.45) is 0 Å². The van der Waals surface area contributed by atoms with E-state index in [-0.39, 0.29) is 24.4 Å². The first-order chi connectivity index (χ1) is 12.1. The molecular formula is C20H25ClN2O3. The van der Waals surface area contributed by atoms with Gasteiger partial charge in [0.25, 0.3) is 5.91 Å². The molecule has 2 aromatic carbocycles. The number of nitrogens with two attached hydrogens (primary N) is 1. The third-order valence-corrected chi connectivity index (χ3v) is 4.26. The van der Waals surface area contributed by atoms with E-state index in [2.05, 4.69) is 6.92 Å². The van der Waals surface area contributed by atoms with Crippen molar-refractivity contribution in [1.29, 1.82) is 0 Å². The zero-order valence-corrected chi connectivity index (χ0v) is 15.9. The molecule has 1 heterocycles. The lowest BCUT2D eigenvalue weighted by atomic mass is 10.1. The lowest BCUT2D eigenvalue weighted by Crippen LogP contribution is -2.44. The second-order valence-corrected chi connectivity index (χ2v) is 6.32. The molecule has 26 heavy (non-hydrogen) atoms. The molecular weight excluding hydrogens is 352 g/mol. The van der Waals surface area contributed by atoms with Gasteiger partial charge in [-0.2, -0.15) is 0 Å². The van der Waals surface area contributed by atoms with Gasteiger partial charge in [0.2, 0.25) is 0 Å². The van der Waals surface area contributed by atoms with E-state index in [1.54, 1.807) is 6.07 Å². The van der Waals surface area contributed by atoms with E-state index in [0.29, 0.717) is 30.9 Å². The molecule has 0 saturated heterocycles. The Labute approximate surface area is 160 Å². The highest BCUT2D eigenvalue weighted by atomic mass is 35.5. The van der Waals surface area contributed by atoms with Crippen molar-refractivity contribution in [3.63, 3.8) is 0 Å². The number of hydrogen-bond donors (Lipinski definition) is 1. The van der Waals surface area contributed by atoms with Crippen LogP contribution in [0.3, 0.4) is 0 Å². The Morgan fingerprint density at radius 3 is 2.69 bits per heavy atom. The zero-order valence-electron chi connectivity index (χ0n) is 15.1. The number of ether oxygens (including phenoxy) is 2. The summed E-state index contributed by atoms with van der Waals surface area (Å²) in [5, 5.41) is 0. The lowest BCUT2D eigenvalue weighted by Gasteiger charge is -2.31. The van der Waals surface area contributed by atoms with Gasteiger partial charge in [0.1, 0.15) is 6.61 Å². The van der Waals surface area contributed by atoms with E-state index in [0.717, 1.165) is 23.5 Å². The molecule has 140 valence electrons. The molecule has 0 bridgehead atoms. The van der Waals surface area contributed by atoms with Crippen molar-refractivity contribution >= 4 is 24.0 Å². The summed E-state index contributed by atoms with van der Waals surface area (Å²) in [6.45, 7) is 5.55. The Bertz CT molecular complexity index is 766. The van der Waals surface area contributed by atoms with Crippen LogP contribution in [0.15, 0.2) is 42.5 Å². The van der Waals surface area contributed by atoms with E-state index in [9.17, 15) is 4.79 Å². The number of aryl methyl sites for hydroxylation is 1. The van der Waals surface area contributed by atoms with Crippen LogP contribution in [0.2, 0.25) is 0 Å². The standard InChI is InChI=1S/C20H24N2O3.ClH/c1-3-10-22(20(23)17-11-15(21)9-8-14(17)2)12-16-13-24-18-6-4-5-7-19(18)25-16;/h4-9,11,16H,3,10,12-13,21H2,1-2H3;1H. The minimum absolute atomic E-state index is 0. The van der Waals surface area contributed by atoms with Crippen LogP contribution in [0.25, 0.3) is 0 Å². The first-order valence-electron chi connectivity index (χ1n) is 8.62. The molecule has 6 heteroatoms. The predicted molar refractivity (Wildman–Crippen MR) is 105 cm³/mol. The summed E-state index contributed by atoms with van der Waals surface area (Å²) in [5.41, 5.74) is 8.02. The number of benzene rings is 2. The number of carbonyl (C=O) groups excluding carboxylic acids is 1. The molecule has 1 aliphatic heterocycles. The molecule has 1 aliphatic rings. The third kappa shape index (κ3) is 4.41. The van der Waals surface area contributed by atoms with Gasteiger partial charge in [-0.25, -0.2) is 0 Å². The molecule has 0 radical (unpaired) electrons. The molecule has 5 nitrogen and oxygen atoms in total. The highest BCUT2D eigenvalue weighted by molar-refractivity contribution is 5.96. The van der Waals surface area contributed by atoms with Gasteiger partial charge < -0.3 is 20.1 Å². The molecule has 2 aromatic rings. The molecule has 0 aliphatic carbocycles. The van der Waals surface area contributed by atoms with Crippen molar-refractivity contribution in [3.05, 3.63) is 53.6 Å². The van der Waals surface area contributed by atoms with Gasteiger partial charge in [0.05, 0.1) is 6.54 Å². The van der Waals surface area contributed by atoms with Crippen molar-refractivity contribution in [3.8, 4) is 11.5 Å².